The van der Waals surface area contributed by atoms with Crippen LogP contribution in [0.25, 0.3) is 0 Å². The molecular weight excluding hydrogens is 330 g/mol. The third-order valence-electron chi connectivity index (χ3n) is 4.59. The molecule has 0 radical (unpaired) electrons. The first-order valence-corrected chi connectivity index (χ1v) is 9.22. The molecule has 1 fully saturated rings. The topological polar surface area (TPSA) is 37.7 Å². The van der Waals surface area contributed by atoms with E-state index in [1.165, 1.54) is 16.7 Å². The molecular formula is C20H26N3OS+. The van der Waals surface area contributed by atoms with Crippen LogP contribution in [0.4, 0.5) is 5.69 Å². The van der Waals surface area contributed by atoms with E-state index in [9.17, 15) is 0 Å². The van der Waals surface area contributed by atoms with Crippen molar-refractivity contribution in [1.29, 1.82) is 0 Å². The van der Waals surface area contributed by atoms with E-state index in [0.29, 0.717) is 5.11 Å². The molecule has 0 atom stereocenters. The van der Waals surface area contributed by atoms with Gasteiger partial charge in [-0.15, -0.1) is 0 Å². The molecule has 132 valence electrons. The number of anilines is 1. The smallest absolute Gasteiger partial charge is 0.171 e. The predicted molar refractivity (Wildman–Crippen MR) is 106 cm³/mol. The Morgan fingerprint density at radius 2 is 1.72 bits per heavy atom. The van der Waals surface area contributed by atoms with Crippen molar-refractivity contribution in [2.75, 3.05) is 31.6 Å². The lowest BCUT2D eigenvalue weighted by atomic mass is 10.1. The number of aryl methyl sites for hydroxylation is 1. The number of para-hydroxylation sites is 1. The molecule has 0 amide bonds. The highest BCUT2D eigenvalue weighted by atomic mass is 32.1. The van der Waals surface area contributed by atoms with Gasteiger partial charge in [0.05, 0.1) is 13.2 Å². The second-order valence-electron chi connectivity index (χ2n) is 6.43. The summed E-state index contributed by atoms with van der Waals surface area (Å²) in [4.78, 5) is 1.58. The molecule has 4 nitrogen and oxygen atoms in total. The molecule has 1 heterocycles. The van der Waals surface area contributed by atoms with Crippen molar-refractivity contribution >= 4 is 23.0 Å². The summed E-state index contributed by atoms with van der Waals surface area (Å²) >= 11 is 5.46. The maximum absolute atomic E-state index is 5.46. The maximum atomic E-state index is 5.46. The van der Waals surface area contributed by atoms with Gasteiger partial charge in [0.1, 0.15) is 19.6 Å². The van der Waals surface area contributed by atoms with Gasteiger partial charge in [-0.05, 0) is 36.3 Å². The van der Waals surface area contributed by atoms with Gasteiger partial charge < -0.3 is 20.3 Å². The van der Waals surface area contributed by atoms with Crippen molar-refractivity contribution in [2.45, 2.75) is 20.0 Å². The predicted octanol–water partition coefficient (Wildman–Crippen LogP) is 1.90. The highest BCUT2D eigenvalue weighted by Gasteiger charge is 2.15. The summed E-state index contributed by atoms with van der Waals surface area (Å²) in [6, 6.07) is 16.8. The van der Waals surface area contributed by atoms with E-state index >= 15 is 0 Å². The van der Waals surface area contributed by atoms with Gasteiger partial charge in [0, 0.05) is 17.8 Å². The zero-order valence-corrected chi connectivity index (χ0v) is 15.5. The lowest BCUT2D eigenvalue weighted by molar-refractivity contribution is -0.921. The Bertz CT molecular complexity index is 714. The first-order valence-electron chi connectivity index (χ1n) is 8.81. The van der Waals surface area contributed by atoms with Crippen LogP contribution in [0.5, 0.6) is 0 Å². The fourth-order valence-electron chi connectivity index (χ4n) is 3.06. The van der Waals surface area contributed by atoms with Crippen molar-refractivity contribution in [3.05, 3.63) is 65.2 Å². The Kier molecular flexibility index (Phi) is 6.39. The molecule has 0 aliphatic carbocycles. The van der Waals surface area contributed by atoms with Crippen molar-refractivity contribution in [3.8, 4) is 0 Å². The van der Waals surface area contributed by atoms with Crippen LogP contribution >= 0.6 is 12.2 Å². The Balaban J connectivity index is 1.57. The average Bonchev–Trinajstić information content (AvgIpc) is 2.64. The van der Waals surface area contributed by atoms with Crippen LogP contribution in [0.1, 0.15) is 16.7 Å². The van der Waals surface area contributed by atoms with E-state index in [-0.39, 0.29) is 0 Å². The molecule has 3 N–H and O–H groups in total. The van der Waals surface area contributed by atoms with Crippen LogP contribution in [0.15, 0.2) is 48.5 Å². The molecule has 5 heteroatoms. The zero-order valence-electron chi connectivity index (χ0n) is 14.7. The quantitative estimate of drug-likeness (QED) is 0.716. The van der Waals surface area contributed by atoms with E-state index in [1.54, 1.807) is 4.90 Å². The molecule has 2 aromatic carbocycles. The third kappa shape index (κ3) is 5.26. The lowest BCUT2D eigenvalue weighted by Crippen LogP contribution is -3.12. The van der Waals surface area contributed by atoms with Crippen molar-refractivity contribution in [3.63, 3.8) is 0 Å². The van der Waals surface area contributed by atoms with Crippen LogP contribution in [-0.4, -0.2) is 31.4 Å². The minimum Gasteiger partial charge on any atom is -0.370 e. The summed E-state index contributed by atoms with van der Waals surface area (Å²) < 4.78 is 5.45. The molecule has 1 aliphatic rings. The first kappa shape index (κ1) is 17.9. The van der Waals surface area contributed by atoms with Gasteiger partial charge in [0.25, 0.3) is 0 Å². The molecule has 0 saturated carbocycles. The summed E-state index contributed by atoms with van der Waals surface area (Å²) in [5.74, 6) is 0. The fraction of sp³-hybridized carbons (Fsp3) is 0.350. The molecule has 2 aromatic rings. The van der Waals surface area contributed by atoms with Crippen molar-refractivity contribution < 1.29 is 9.64 Å². The number of nitrogens with one attached hydrogen (secondary N) is 3. The summed E-state index contributed by atoms with van der Waals surface area (Å²) in [7, 11) is 0. The van der Waals surface area contributed by atoms with Crippen molar-refractivity contribution in [1.82, 2.24) is 5.32 Å². The van der Waals surface area contributed by atoms with Gasteiger partial charge >= 0.3 is 0 Å². The normalized spacial score (nSPS) is 14.9. The van der Waals surface area contributed by atoms with E-state index in [4.69, 9.17) is 17.0 Å². The van der Waals surface area contributed by atoms with Crippen LogP contribution in [0.2, 0.25) is 0 Å². The minimum absolute atomic E-state index is 0.655. The Labute approximate surface area is 155 Å². The number of hydrogen-bond donors (Lipinski definition) is 3. The number of ether oxygens (including phenoxy) is 1. The average molecular weight is 357 g/mol. The van der Waals surface area contributed by atoms with Gasteiger partial charge in [-0.25, -0.2) is 0 Å². The molecule has 25 heavy (non-hydrogen) atoms. The number of morpholine rings is 1. The van der Waals surface area contributed by atoms with E-state index in [0.717, 1.165) is 45.1 Å². The fourth-order valence-corrected chi connectivity index (χ4v) is 3.25. The molecule has 3 rings (SSSR count). The second-order valence-corrected chi connectivity index (χ2v) is 6.84. The second kappa shape index (κ2) is 8.94. The number of hydrogen-bond acceptors (Lipinski definition) is 2. The highest BCUT2D eigenvalue weighted by Crippen LogP contribution is 2.13. The molecule has 1 saturated heterocycles. The van der Waals surface area contributed by atoms with Crippen LogP contribution < -0.4 is 15.5 Å². The minimum atomic E-state index is 0.655. The van der Waals surface area contributed by atoms with Gasteiger partial charge in [0.15, 0.2) is 5.11 Å². The molecule has 0 spiro atoms. The van der Waals surface area contributed by atoms with E-state index < -0.39 is 0 Å². The SMILES string of the molecule is Cc1ccccc1NC(=S)NCc1ccccc1C[NH+]1CCOCC1. The monoisotopic (exact) mass is 356 g/mol. The maximum Gasteiger partial charge on any atom is 0.171 e. The van der Waals surface area contributed by atoms with Gasteiger partial charge in [0.2, 0.25) is 0 Å². The van der Waals surface area contributed by atoms with Crippen LogP contribution in [0, 0.1) is 6.92 Å². The zero-order chi connectivity index (χ0) is 17.5. The molecule has 0 aromatic heterocycles. The molecule has 0 bridgehead atoms. The molecule has 0 unspecified atom stereocenters. The summed E-state index contributed by atoms with van der Waals surface area (Å²) in [6.45, 7) is 7.73. The van der Waals surface area contributed by atoms with Crippen LogP contribution in [0.3, 0.4) is 0 Å². The van der Waals surface area contributed by atoms with Gasteiger partial charge in [-0.2, -0.15) is 0 Å². The molecule has 1 aliphatic heterocycles. The number of benzene rings is 2. The Morgan fingerprint density at radius 1 is 1.04 bits per heavy atom. The Morgan fingerprint density at radius 3 is 2.48 bits per heavy atom. The Hall–Kier alpha value is -1.95. The lowest BCUT2D eigenvalue weighted by Gasteiger charge is -2.24. The summed E-state index contributed by atoms with van der Waals surface area (Å²) in [6.07, 6.45) is 0. The van der Waals surface area contributed by atoms with Gasteiger partial charge in [-0.1, -0.05) is 42.5 Å². The summed E-state index contributed by atoms with van der Waals surface area (Å²) in [5, 5.41) is 7.27. The first-order chi connectivity index (χ1) is 12.2. The number of quaternary nitrogens is 1. The standard InChI is InChI=1S/C20H25N3OS/c1-16-6-2-5-9-19(16)22-20(25)21-14-17-7-3-4-8-18(17)15-23-10-12-24-13-11-23/h2-9H,10-15H2,1H3,(H2,21,22,25)/p+1. The van der Waals surface area contributed by atoms with E-state index in [1.807, 2.05) is 18.2 Å². The van der Waals surface area contributed by atoms with Crippen molar-refractivity contribution in [2.24, 2.45) is 0 Å². The number of thiocarbonyl (C=S) groups is 1. The summed E-state index contributed by atoms with van der Waals surface area (Å²) in [5.41, 5.74) is 4.91. The van der Waals surface area contributed by atoms with Gasteiger partial charge in [-0.3, -0.25) is 0 Å². The number of rotatable bonds is 5. The largest absolute Gasteiger partial charge is 0.370 e. The highest BCUT2D eigenvalue weighted by molar-refractivity contribution is 7.80. The van der Waals surface area contributed by atoms with Crippen LogP contribution in [-0.2, 0) is 17.8 Å². The van der Waals surface area contributed by atoms with E-state index in [2.05, 4.69) is 47.9 Å². The third-order valence-corrected chi connectivity index (χ3v) is 4.84.